The molecule has 2 nitrogen and oxygen atoms in total. The normalized spacial score (nSPS) is 20.0. The molecule has 0 bridgehead atoms. The van der Waals surface area contributed by atoms with Crippen LogP contribution in [0.15, 0.2) is 18.2 Å². The lowest BCUT2D eigenvalue weighted by Gasteiger charge is -2.23. The molecule has 1 aromatic rings. The Morgan fingerprint density at radius 2 is 2.17 bits per heavy atom. The van der Waals surface area contributed by atoms with E-state index >= 15 is 0 Å². The minimum Gasteiger partial charge on any atom is -0.314 e. The maximum Gasteiger partial charge on any atom is 0.127 e. The molecule has 1 fully saturated rings. The lowest BCUT2D eigenvalue weighted by atomic mass is 10.0. The Labute approximate surface area is 107 Å². The van der Waals surface area contributed by atoms with Crippen molar-refractivity contribution in [3.63, 3.8) is 0 Å². The fourth-order valence-electron chi connectivity index (χ4n) is 2.35. The molecule has 0 aromatic heterocycles. The zero-order valence-electron chi connectivity index (χ0n) is 10.5. The van der Waals surface area contributed by atoms with Gasteiger partial charge in [0, 0.05) is 18.2 Å². The van der Waals surface area contributed by atoms with Crippen LogP contribution in [0.4, 0.5) is 8.78 Å². The smallest absolute Gasteiger partial charge is 0.127 e. The predicted octanol–water partition coefficient (Wildman–Crippen LogP) is 2.59. The van der Waals surface area contributed by atoms with E-state index in [0.717, 1.165) is 25.6 Å². The fourth-order valence-corrected chi connectivity index (χ4v) is 2.35. The number of hydrogen-bond acceptors (Lipinski definition) is 2. The molecule has 1 aliphatic heterocycles. The molecule has 4 heteroatoms. The summed E-state index contributed by atoms with van der Waals surface area (Å²) in [5.74, 6) is -0.734. The third-order valence-corrected chi connectivity index (χ3v) is 3.41. The lowest BCUT2D eigenvalue weighted by Crippen LogP contribution is -2.36. The first-order valence-corrected chi connectivity index (χ1v) is 6.64. The summed E-state index contributed by atoms with van der Waals surface area (Å²) in [6.45, 7) is 2.31. The van der Waals surface area contributed by atoms with Crippen molar-refractivity contribution in [3.05, 3.63) is 35.4 Å². The van der Waals surface area contributed by atoms with E-state index in [4.69, 9.17) is 0 Å². The van der Waals surface area contributed by atoms with Crippen molar-refractivity contribution in [2.75, 3.05) is 13.1 Å². The quantitative estimate of drug-likeness (QED) is 0.789. The summed E-state index contributed by atoms with van der Waals surface area (Å²) in [6.07, 6.45) is 4.81. The van der Waals surface area contributed by atoms with E-state index in [2.05, 4.69) is 10.6 Å². The standard InChI is InChI=1S/C14H20F2N2/c15-12-4-5-14(16)11(9-12)10-17-8-6-13-3-1-2-7-18-13/h4-5,9,13,17-18H,1-3,6-8,10H2. The summed E-state index contributed by atoms with van der Waals surface area (Å²) in [4.78, 5) is 0. The van der Waals surface area contributed by atoms with Gasteiger partial charge in [0.2, 0.25) is 0 Å². The van der Waals surface area contributed by atoms with Gasteiger partial charge in [0.05, 0.1) is 0 Å². The zero-order chi connectivity index (χ0) is 12.8. The van der Waals surface area contributed by atoms with Crippen molar-refractivity contribution in [2.24, 2.45) is 0 Å². The van der Waals surface area contributed by atoms with Gasteiger partial charge in [-0.3, -0.25) is 0 Å². The zero-order valence-corrected chi connectivity index (χ0v) is 10.5. The van der Waals surface area contributed by atoms with E-state index in [9.17, 15) is 8.78 Å². The first-order chi connectivity index (χ1) is 8.75. The van der Waals surface area contributed by atoms with Crippen LogP contribution in [0, 0.1) is 11.6 Å². The molecule has 0 saturated carbocycles. The molecule has 2 rings (SSSR count). The van der Waals surface area contributed by atoms with Crippen LogP contribution in [0.3, 0.4) is 0 Å². The van der Waals surface area contributed by atoms with Crippen molar-refractivity contribution in [2.45, 2.75) is 38.3 Å². The Bertz CT molecular complexity index is 376. The van der Waals surface area contributed by atoms with Crippen molar-refractivity contribution in [3.8, 4) is 0 Å². The predicted molar refractivity (Wildman–Crippen MR) is 68.3 cm³/mol. The summed E-state index contributed by atoms with van der Waals surface area (Å²) in [5.41, 5.74) is 0.395. The monoisotopic (exact) mass is 254 g/mol. The van der Waals surface area contributed by atoms with Crippen LogP contribution in [0.5, 0.6) is 0 Å². The SMILES string of the molecule is Fc1ccc(F)c(CNCCC2CCCCN2)c1. The highest BCUT2D eigenvalue weighted by molar-refractivity contribution is 5.18. The number of rotatable bonds is 5. The molecule has 100 valence electrons. The Morgan fingerprint density at radius 3 is 2.94 bits per heavy atom. The Morgan fingerprint density at radius 1 is 1.28 bits per heavy atom. The number of piperidine rings is 1. The summed E-state index contributed by atoms with van der Waals surface area (Å²) in [7, 11) is 0. The molecule has 0 spiro atoms. The molecule has 18 heavy (non-hydrogen) atoms. The minimum absolute atomic E-state index is 0.348. The molecule has 0 aliphatic carbocycles. The molecular formula is C14H20F2N2. The number of halogens is 2. The molecule has 0 radical (unpaired) electrons. The Kier molecular flexibility index (Phi) is 5.08. The highest BCUT2D eigenvalue weighted by Gasteiger charge is 2.11. The molecule has 1 saturated heterocycles. The largest absolute Gasteiger partial charge is 0.314 e. The van der Waals surface area contributed by atoms with Gasteiger partial charge in [0.25, 0.3) is 0 Å². The van der Waals surface area contributed by atoms with E-state index in [1.165, 1.54) is 31.4 Å². The molecule has 1 atom stereocenters. The second-order valence-electron chi connectivity index (χ2n) is 4.85. The van der Waals surface area contributed by atoms with E-state index in [1.54, 1.807) is 0 Å². The summed E-state index contributed by atoms with van der Waals surface area (Å²) in [5, 5.41) is 6.63. The topological polar surface area (TPSA) is 24.1 Å². The maximum atomic E-state index is 13.3. The number of hydrogen-bond donors (Lipinski definition) is 2. The molecule has 1 unspecified atom stereocenters. The molecule has 2 N–H and O–H groups in total. The van der Waals surface area contributed by atoms with E-state index in [1.807, 2.05) is 0 Å². The average molecular weight is 254 g/mol. The average Bonchev–Trinajstić information content (AvgIpc) is 2.40. The summed E-state index contributed by atoms with van der Waals surface area (Å²) in [6, 6.07) is 4.14. The molecule has 0 amide bonds. The van der Waals surface area contributed by atoms with Gasteiger partial charge in [-0.2, -0.15) is 0 Å². The van der Waals surface area contributed by atoms with Crippen LogP contribution in [0.2, 0.25) is 0 Å². The maximum absolute atomic E-state index is 13.3. The van der Waals surface area contributed by atoms with Crippen molar-refractivity contribution >= 4 is 0 Å². The van der Waals surface area contributed by atoms with Crippen LogP contribution >= 0.6 is 0 Å². The molecule has 1 aromatic carbocycles. The van der Waals surface area contributed by atoms with Crippen molar-refractivity contribution < 1.29 is 8.78 Å². The third-order valence-electron chi connectivity index (χ3n) is 3.41. The van der Waals surface area contributed by atoms with Crippen LogP contribution in [0.1, 0.15) is 31.2 Å². The Hall–Kier alpha value is -1.00. The third kappa shape index (κ3) is 4.03. The van der Waals surface area contributed by atoms with Gasteiger partial charge < -0.3 is 10.6 Å². The van der Waals surface area contributed by atoms with Gasteiger partial charge in [-0.05, 0) is 50.6 Å². The van der Waals surface area contributed by atoms with Crippen LogP contribution < -0.4 is 10.6 Å². The van der Waals surface area contributed by atoms with Gasteiger partial charge in [-0.15, -0.1) is 0 Å². The highest BCUT2D eigenvalue weighted by atomic mass is 19.1. The first kappa shape index (κ1) is 13.4. The van der Waals surface area contributed by atoms with Gasteiger partial charge in [0.1, 0.15) is 11.6 Å². The molecular weight excluding hydrogens is 234 g/mol. The minimum atomic E-state index is -0.387. The Balaban J connectivity index is 1.69. The summed E-state index contributed by atoms with van der Waals surface area (Å²) < 4.78 is 26.3. The van der Waals surface area contributed by atoms with E-state index < -0.39 is 0 Å². The molecule has 1 heterocycles. The van der Waals surface area contributed by atoms with E-state index in [0.29, 0.717) is 18.2 Å². The lowest BCUT2D eigenvalue weighted by molar-refractivity contribution is 0.375. The highest BCUT2D eigenvalue weighted by Crippen LogP contribution is 2.11. The second kappa shape index (κ2) is 6.81. The van der Waals surface area contributed by atoms with Gasteiger partial charge >= 0.3 is 0 Å². The van der Waals surface area contributed by atoms with Gasteiger partial charge in [0.15, 0.2) is 0 Å². The van der Waals surface area contributed by atoms with Crippen LogP contribution in [0.25, 0.3) is 0 Å². The van der Waals surface area contributed by atoms with Crippen molar-refractivity contribution in [1.82, 2.24) is 10.6 Å². The number of benzene rings is 1. The van der Waals surface area contributed by atoms with Gasteiger partial charge in [-0.1, -0.05) is 6.42 Å². The number of nitrogens with one attached hydrogen (secondary N) is 2. The van der Waals surface area contributed by atoms with Crippen LogP contribution in [-0.2, 0) is 6.54 Å². The second-order valence-corrected chi connectivity index (χ2v) is 4.85. The fraction of sp³-hybridized carbons (Fsp3) is 0.571. The first-order valence-electron chi connectivity index (χ1n) is 6.64. The van der Waals surface area contributed by atoms with Crippen LogP contribution in [-0.4, -0.2) is 19.1 Å². The summed E-state index contributed by atoms with van der Waals surface area (Å²) >= 11 is 0. The van der Waals surface area contributed by atoms with Gasteiger partial charge in [-0.25, -0.2) is 8.78 Å². The van der Waals surface area contributed by atoms with Crippen molar-refractivity contribution in [1.29, 1.82) is 0 Å². The molecule has 1 aliphatic rings. The van der Waals surface area contributed by atoms with E-state index in [-0.39, 0.29) is 11.6 Å².